The minimum Gasteiger partial charge on any atom is -0.337 e. The standard InChI is InChI=1S/C27H39N5O3/c1-20(2)17-26(34)32-13-8-12-29(5)15-16-30(19-23-9-6-7-10-24(23)32)25(33)11-14-31-22(4)18-21(3)28-27(31)35/h6-7,9-10,18,20H,8,11-17,19H2,1-5H3. The number of hydrogen-bond acceptors (Lipinski definition) is 5. The largest absolute Gasteiger partial charge is 0.347 e. The zero-order valence-corrected chi connectivity index (χ0v) is 21.8. The summed E-state index contributed by atoms with van der Waals surface area (Å²) in [7, 11) is 2.05. The predicted molar refractivity (Wildman–Crippen MR) is 138 cm³/mol. The van der Waals surface area contributed by atoms with E-state index in [1.54, 1.807) is 11.5 Å². The van der Waals surface area contributed by atoms with E-state index in [9.17, 15) is 14.4 Å². The molecule has 0 N–H and O–H groups in total. The first kappa shape index (κ1) is 26.6. The van der Waals surface area contributed by atoms with E-state index in [4.69, 9.17) is 0 Å². The second-order valence-electron chi connectivity index (χ2n) is 9.97. The lowest BCUT2D eigenvalue weighted by Crippen LogP contribution is -2.38. The van der Waals surface area contributed by atoms with Crippen molar-refractivity contribution in [2.24, 2.45) is 5.92 Å². The first-order chi connectivity index (χ1) is 16.7. The van der Waals surface area contributed by atoms with Crippen LogP contribution in [0.25, 0.3) is 0 Å². The Kier molecular flexibility index (Phi) is 9.20. The number of hydrogen-bond donors (Lipinski definition) is 0. The average molecular weight is 482 g/mol. The summed E-state index contributed by atoms with van der Waals surface area (Å²) in [6.45, 7) is 11.3. The molecule has 0 saturated heterocycles. The Labute approximate surface area is 208 Å². The summed E-state index contributed by atoms with van der Waals surface area (Å²) in [4.78, 5) is 48.8. The average Bonchev–Trinajstić information content (AvgIpc) is 2.81. The van der Waals surface area contributed by atoms with Gasteiger partial charge in [0, 0.05) is 62.6 Å². The second kappa shape index (κ2) is 12.1. The van der Waals surface area contributed by atoms with Gasteiger partial charge in [0.15, 0.2) is 0 Å². The number of likely N-dealkylation sites (N-methyl/N-ethyl adjacent to an activating group) is 1. The Bertz CT molecular complexity index is 1090. The zero-order valence-electron chi connectivity index (χ0n) is 21.8. The van der Waals surface area contributed by atoms with Crippen molar-refractivity contribution in [1.29, 1.82) is 0 Å². The van der Waals surface area contributed by atoms with E-state index in [0.717, 1.165) is 36.5 Å². The molecule has 2 heterocycles. The van der Waals surface area contributed by atoms with Gasteiger partial charge >= 0.3 is 5.69 Å². The van der Waals surface area contributed by atoms with Gasteiger partial charge in [-0.25, -0.2) is 4.79 Å². The van der Waals surface area contributed by atoms with E-state index in [1.165, 1.54) is 0 Å². The van der Waals surface area contributed by atoms with Crippen LogP contribution in [-0.4, -0.2) is 64.4 Å². The van der Waals surface area contributed by atoms with Crippen molar-refractivity contribution in [3.63, 3.8) is 0 Å². The van der Waals surface area contributed by atoms with Crippen LogP contribution in [0, 0.1) is 19.8 Å². The molecule has 35 heavy (non-hydrogen) atoms. The molecule has 8 heteroatoms. The van der Waals surface area contributed by atoms with Crippen LogP contribution in [0.3, 0.4) is 0 Å². The van der Waals surface area contributed by atoms with Crippen molar-refractivity contribution in [3.8, 4) is 0 Å². The molecule has 0 saturated carbocycles. The fraction of sp³-hybridized carbons (Fsp3) is 0.556. The number of aryl methyl sites for hydroxylation is 2. The van der Waals surface area contributed by atoms with Crippen LogP contribution in [0.2, 0.25) is 0 Å². The maximum atomic E-state index is 13.4. The van der Waals surface area contributed by atoms with Gasteiger partial charge in [-0.05, 0) is 57.5 Å². The molecule has 0 bridgehead atoms. The van der Waals surface area contributed by atoms with Gasteiger partial charge in [-0.2, -0.15) is 4.98 Å². The summed E-state index contributed by atoms with van der Waals surface area (Å²) in [5, 5.41) is 0. The van der Waals surface area contributed by atoms with Crippen LogP contribution in [0.15, 0.2) is 35.1 Å². The lowest BCUT2D eigenvalue weighted by molar-refractivity contribution is -0.132. The first-order valence-electron chi connectivity index (χ1n) is 12.6. The van der Waals surface area contributed by atoms with Gasteiger partial charge < -0.3 is 14.7 Å². The van der Waals surface area contributed by atoms with Crippen LogP contribution in [0.4, 0.5) is 5.69 Å². The highest BCUT2D eigenvalue weighted by atomic mass is 16.2. The Morgan fingerprint density at radius 1 is 1.03 bits per heavy atom. The van der Waals surface area contributed by atoms with Crippen molar-refractivity contribution < 1.29 is 9.59 Å². The zero-order chi connectivity index (χ0) is 25.5. The van der Waals surface area contributed by atoms with Crippen molar-refractivity contribution in [2.75, 3.05) is 38.1 Å². The fourth-order valence-corrected chi connectivity index (χ4v) is 4.56. The van der Waals surface area contributed by atoms with E-state index < -0.39 is 0 Å². The monoisotopic (exact) mass is 481 g/mol. The van der Waals surface area contributed by atoms with E-state index in [0.29, 0.717) is 38.3 Å². The third-order valence-corrected chi connectivity index (χ3v) is 6.45. The van der Waals surface area contributed by atoms with E-state index in [2.05, 4.69) is 30.8 Å². The van der Waals surface area contributed by atoms with Gasteiger partial charge in [0.05, 0.1) is 0 Å². The molecule has 1 aromatic carbocycles. The maximum Gasteiger partial charge on any atom is 0.347 e. The van der Waals surface area contributed by atoms with Gasteiger partial charge in [0.2, 0.25) is 11.8 Å². The Morgan fingerprint density at radius 2 is 1.77 bits per heavy atom. The maximum absolute atomic E-state index is 13.4. The molecule has 8 nitrogen and oxygen atoms in total. The van der Waals surface area contributed by atoms with Crippen LogP contribution < -0.4 is 10.6 Å². The summed E-state index contributed by atoms with van der Waals surface area (Å²) in [6, 6.07) is 9.75. The topological polar surface area (TPSA) is 78.8 Å². The van der Waals surface area contributed by atoms with Crippen LogP contribution in [0.5, 0.6) is 0 Å². The van der Waals surface area contributed by atoms with Crippen LogP contribution >= 0.6 is 0 Å². The van der Waals surface area contributed by atoms with Crippen LogP contribution in [0.1, 0.15) is 50.1 Å². The van der Waals surface area contributed by atoms with Gasteiger partial charge in [-0.3, -0.25) is 14.2 Å². The third-order valence-electron chi connectivity index (χ3n) is 6.45. The molecule has 0 radical (unpaired) electrons. The molecule has 0 spiro atoms. The third kappa shape index (κ3) is 7.24. The number of nitrogens with zero attached hydrogens (tertiary/aromatic N) is 5. The molecule has 2 aromatic rings. The number of carbonyl (C=O) groups is 2. The van der Waals surface area contributed by atoms with Gasteiger partial charge in [0.25, 0.3) is 0 Å². The molecule has 190 valence electrons. The number of rotatable bonds is 5. The quantitative estimate of drug-likeness (QED) is 0.656. The normalized spacial score (nSPS) is 15.6. The highest BCUT2D eigenvalue weighted by Gasteiger charge is 2.23. The Balaban J connectivity index is 1.85. The molecule has 0 aliphatic carbocycles. The Morgan fingerprint density at radius 3 is 2.49 bits per heavy atom. The molecule has 0 unspecified atom stereocenters. The number of para-hydroxylation sites is 1. The van der Waals surface area contributed by atoms with Crippen molar-refractivity contribution in [2.45, 2.75) is 60.0 Å². The van der Waals surface area contributed by atoms with Crippen LogP contribution in [-0.2, 0) is 22.7 Å². The second-order valence-corrected chi connectivity index (χ2v) is 9.97. The summed E-state index contributed by atoms with van der Waals surface area (Å²) < 4.78 is 1.56. The van der Waals surface area contributed by atoms with Crippen molar-refractivity contribution in [1.82, 2.24) is 19.4 Å². The molecular weight excluding hydrogens is 442 g/mol. The highest BCUT2D eigenvalue weighted by Crippen LogP contribution is 2.25. The molecular formula is C27H39N5O3. The number of anilines is 1. The van der Waals surface area contributed by atoms with Gasteiger partial charge in [-0.1, -0.05) is 32.0 Å². The van der Waals surface area contributed by atoms with E-state index >= 15 is 0 Å². The van der Waals surface area contributed by atoms with E-state index in [-0.39, 0.29) is 29.8 Å². The van der Waals surface area contributed by atoms with Gasteiger partial charge in [-0.15, -0.1) is 0 Å². The smallest absolute Gasteiger partial charge is 0.337 e. The van der Waals surface area contributed by atoms with Gasteiger partial charge in [0.1, 0.15) is 0 Å². The predicted octanol–water partition coefficient (Wildman–Crippen LogP) is 2.99. The molecule has 0 fully saturated rings. The highest BCUT2D eigenvalue weighted by molar-refractivity contribution is 5.94. The summed E-state index contributed by atoms with van der Waals surface area (Å²) >= 11 is 0. The lowest BCUT2D eigenvalue weighted by atomic mass is 10.1. The number of fused-ring (bicyclic) bond motifs is 1. The summed E-state index contributed by atoms with van der Waals surface area (Å²) in [5.74, 6) is 0.380. The molecule has 1 aliphatic rings. The van der Waals surface area contributed by atoms with E-state index in [1.807, 2.05) is 47.1 Å². The Hall–Kier alpha value is -3.00. The lowest BCUT2D eigenvalue weighted by Gasteiger charge is -2.28. The van der Waals surface area contributed by atoms with Crippen molar-refractivity contribution in [3.05, 3.63) is 57.8 Å². The minimum atomic E-state index is -0.322. The number of amides is 2. The number of aromatic nitrogens is 2. The van der Waals surface area contributed by atoms with Crippen molar-refractivity contribution >= 4 is 17.5 Å². The molecule has 1 aromatic heterocycles. The summed E-state index contributed by atoms with van der Waals surface area (Å²) in [5.41, 5.74) is 3.01. The molecule has 1 aliphatic heterocycles. The number of carbonyl (C=O) groups excluding carboxylic acids is 2. The first-order valence-corrected chi connectivity index (χ1v) is 12.6. The molecule has 0 atom stereocenters. The molecule has 2 amide bonds. The summed E-state index contributed by atoms with van der Waals surface area (Å²) in [6.07, 6.45) is 1.57. The fourth-order valence-electron chi connectivity index (χ4n) is 4.56. The minimum absolute atomic E-state index is 0.0145. The number of benzene rings is 1. The molecule has 3 rings (SSSR count). The SMILES string of the molecule is Cc1cc(C)n(CCC(=O)N2CCN(C)CCCN(C(=O)CC(C)C)c3ccccc3C2)c(=O)n1.